The van der Waals surface area contributed by atoms with Crippen molar-refractivity contribution in [3.8, 4) is 11.8 Å². The molecule has 4 nitrogen and oxygen atoms in total. The van der Waals surface area contributed by atoms with Gasteiger partial charge in [-0.15, -0.1) is 0 Å². The molecule has 1 N–H and O–H groups in total. The van der Waals surface area contributed by atoms with E-state index >= 15 is 0 Å². The van der Waals surface area contributed by atoms with Gasteiger partial charge < -0.3 is 9.84 Å². The number of hydrogen-bond donors (Lipinski definition) is 1. The van der Waals surface area contributed by atoms with E-state index in [1.807, 2.05) is 0 Å². The van der Waals surface area contributed by atoms with Crippen molar-refractivity contribution in [1.82, 2.24) is 0 Å². The lowest BCUT2D eigenvalue weighted by Crippen LogP contribution is -2.08. The summed E-state index contributed by atoms with van der Waals surface area (Å²) in [5, 5.41) is 17.1. The molecule has 0 heterocycles. The van der Waals surface area contributed by atoms with Crippen molar-refractivity contribution >= 4 is 5.97 Å². The number of hydrogen-bond acceptors (Lipinski definition) is 3. The number of rotatable bonds is 3. The van der Waals surface area contributed by atoms with Crippen LogP contribution in [0.2, 0.25) is 0 Å². The summed E-state index contributed by atoms with van der Waals surface area (Å²) in [4.78, 5) is 10.6. The summed E-state index contributed by atoms with van der Waals surface area (Å²) in [6, 6.07) is 2.83. The fourth-order valence-corrected chi connectivity index (χ4v) is 1.03. The molecule has 0 bridgehead atoms. The van der Waals surface area contributed by atoms with Crippen molar-refractivity contribution in [1.29, 1.82) is 5.26 Å². The predicted molar refractivity (Wildman–Crippen MR) is 44.7 cm³/mol. The van der Waals surface area contributed by atoms with Crippen LogP contribution in [0.25, 0.3) is 0 Å². The van der Waals surface area contributed by atoms with E-state index in [2.05, 4.69) is 4.74 Å². The van der Waals surface area contributed by atoms with E-state index in [1.54, 1.807) is 0 Å². The number of benzene rings is 1. The first-order chi connectivity index (χ1) is 7.47. The fraction of sp³-hybridized carbons (Fsp3) is 0.111. The zero-order chi connectivity index (χ0) is 12.3. The van der Waals surface area contributed by atoms with Gasteiger partial charge in [-0.2, -0.15) is 14.0 Å². The molecule has 0 amide bonds. The lowest BCUT2D eigenvalue weighted by atomic mass is 10.1. The average molecular weight is 231 g/mol. The molecule has 0 saturated heterocycles. The highest BCUT2D eigenvalue weighted by atomic mass is 19.3. The summed E-state index contributed by atoms with van der Waals surface area (Å²) in [5.41, 5.74) is -1.45. The first-order valence-corrected chi connectivity index (χ1v) is 3.88. The van der Waals surface area contributed by atoms with E-state index in [0.29, 0.717) is 0 Å². The number of halogens is 3. The van der Waals surface area contributed by atoms with Crippen LogP contribution in [0.3, 0.4) is 0 Å². The largest absolute Gasteiger partial charge is 0.478 e. The van der Waals surface area contributed by atoms with Gasteiger partial charge in [-0.05, 0) is 12.1 Å². The van der Waals surface area contributed by atoms with E-state index in [0.717, 1.165) is 12.1 Å². The van der Waals surface area contributed by atoms with Crippen molar-refractivity contribution in [2.45, 2.75) is 6.61 Å². The SMILES string of the molecule is N#Cc1c(C(=O)O)ccc(OC(F)F)c1F. The Balaban J connectivity index is 3.30. The normalized spacial score (nSPS) is 9.94. The molecule has 0 atom stereocenters. The van der Waals surface area contributed by atoms with Gasteiger partial charge in [0.05, 0.1) is 5.56 Å². The summed E-state index contributed by atoms with van der Waals surface area (Å²) in [6.45, 7) is -3.25. The first kappa shape index (κ1) is 11.8. The second-order valence-corrected chi connectivity index (χ2v) is 2.60. The molecule has 1 aromatic carbocycles. The molecule has 0 aliphatic carbocycles. The Morgan fingerprint density at radius 2 is 2.12 bits per heavy atom. The number of nitrogens with zero attached hydrogens (tertiary/aromatic N) is 1. The number of carboxylic acids is 1. The lowest BCUT2D eigenvalue weighted by molar-refractivity contribution is -0.0522. The number of nitriles is 1. The molecular weight excluding hydrogens is 227 g/mol. The van der Waals surface area contributed by atoms with Crippen LogP contribution in [-0.4, -0.2) is 17.7 Å². The Morgan fingerprint density at radius 1 is 1.50 bits per heavy atom. The van der Waals surface area contributed by atoms with Gasteiger partial charge in [-0.1, -0.05) is 0 Å². The van der Waals surface area contributed by atoms with E-state index < -0.39 is 35.3 Å². The first-order valence-electron chi connectivity index (χ1n) is 3.88. The molecule has 1 rings (SSSR count). The second-order valence-electron chi connectivity index (χ2n) is 2.60. The topological polar surface area (TPSA) is 70.3 Å². The fourth-order valence-electron chi connectivity index (χ4n) is 1.03. The molecule has 7 heteroatoms. The minimum atomic E-state index is -3.25. The van der Waals surface area contributed by atoms with Gasteiger partial charge in [0.2, 0.25) is 0 Å². The maximum atomic E-state index is 13.3. The average Bonchev–Trinajstić information content (AvgIpc) is 2.19. The van der Waals surface area contributed by atoms with Crippen molar-refractivity contribution in [3.63, 3.8) is 0 Å². The van der Waals surface area contributed by atoms with Crippen LogP contribution in [0.4, 0.5) is 13.2 Å². The summed E-state index contributed by atoms with van der Waals surface area (Å²) in [6.07, 6.45) is 0. The van der Waals surface area contributed by atoms with Gasteiger partial charge in [0.15, 0.2) is 11.6 Å². The molecule has 0 spiro atoms. The number of ether oxygens (including phenoxy) is 1. The number of carboxylic acid groups (broad SMARTS) is 1. The van der Waals surface area contributed by atoms with Crippen LogP contribution in [0, 0.1) is 17.1 Å². The highest BCUT2D eigenvalue weighted by Gasteiger charge is 2.20. The van der Waals surface area contributed by atoms with Gasteiger partial charge in [-0.3, -0.25) is 0 Å². The van der Waals surface area contributed by atoms with Gasteiger partial charge in [0.25, 0.3) is 0 Å². The Morgan fingerprint density at radius 3 is 2.56 bits per heavy atom. The smallest absolute Gasteiger partial charge is 0.387 e. The van der Waals surface area contributed by atoms with Crippen molar-refractivity contribution in [3.05, 3.63) is 29.1 Å². The van der Waals surface area contributed by atoms with Gasteiger partial charge >= 0.3 is 12.6 Å². The van der Waals surface area contributed by atoms with Crippen molar-refractivity contribution < 1.29 is 27.8 Å². The summed E-state index contributed by atoms with van der Waals surface area (Å²) < 4.78 is 40.7. The molecule has 0 unspecified atom stereocenters. The summed E-state index contributed by atoms with van der Waals surface area (Å²) >= 11 is 0. The Bertz CT molecular complexity index is 468. The second kappa shape index (κ2) is 4.53. The summed E-state index contributed by atoms with van der Waals surface area (Å²) in [5.74, 6) is -3.81. The molecule has 0 radical (unpaired) electrons. The zero-order valence-corrected chi connectivity index (χ0v) is 7.58. The molecule has 0 aliphatic heterocycles. The van der Waals surface area contributed by atoms with Crippen LogP contribution in [0.15, 0.2) is 12.1 Å². The molecular formula is C9H4F3NO3. The van der Waals surface area contributed by atoms with Gasteiger partial charge in [0, 0.05) is 0 Å². The van der Waals surface area contributed by atoms with Crippen LogP contribution < -0.4 is 4.74 Å². The Kier molecular flexibility index (Phi) is 3.35. The third kappa shape index (κ3) is 2.23. The third-order valence-corrected chi connectivity index (χ3v) is 1.66. The van der Waals surface area contributed by atoms with Crippen molar-refractivity contribution in [2.75, 3.05) is 0 Å². The zero-order valence-electron chi connectivity index (χ0n) is 7.58. The maximum absolute atomic E-state index is 13.3. The van der Waals surface area contributed by atoms with Gasteiger partial charge in [-0.25, -0.2) is 9.18 Å². The molecule has 16 heavy (non-hydrogen) atoms. The van der Waals surface area contributed by atoms with Crippen LogP contribution >= 0.6 is 0 Å². The van der Waals surface area contributed by atoms with E-state index in [4.69, 9.17) is 10.4 Å². The minimum Gasteiger partial charge on any atom is -0.478 e. The maximum Gasteiger partial charge on any atom is 0.387 e. The monoisotopic (exact) mass is 231 g/mol. The van der Waals surface area contributed by atoms with Crippen molar-refractivity contribution in [2.24, 2.45) is 0 Å². The van der Waals surface area contributed by atoms with Crippen LogP contribution in [0.5, 0.6) is 5.75 Å². The highest BCUT2D eigenvalue weighted by Crippen LogP contribution is 2.24. The molecule has 0 aromatic heterocycles. The lowest BCUT2D eigenvalue weighted by Gasteiger charge is -2.07. The van der Waals surface area contributed by atoms with E-state index in [9.17, 15) is 18.0 Å². The molecule has 0 aliphatic rings. The molecule has 0 fully saturated rings. The standard InChI is InChI=1S/C9H4F3NO3/c10-7-5(3-13)4(8(14)15)1-2-6(7)16-9(11)12/h1-2,9H,(H,14,15). The van der Waals surface area contributed by atoms with E-state index in [1.165, 1.54) is 6.07 Å². The Hall–Kier alpha value is -2.23. The molecule has 0 saturated carbocycles. The number of carbonyl (C=O) groups is 1. The van der Waals surface area contributed by atoms with Gasteiger partial charge in [0.1, 0.15) is 11.6 Å². The minimum absolute atomic E-state index is 0.610. The van der Waals surface area contributed by atoms with E-state index in [-0.39, 0.29) is 0 Å². The quantitative estimate of drug-likeness (QED) is 0.863. The Labute approximate surface area is 87.5 Å². The number of alkyl halides is 2. The molecule has 84 valence electrons. The van der Waals surface area contributed by atoms with Crippen LogP contribution in [0.1, 0.15) is 15.9 Å². The summed E-state index contributed by atoms with van der Waals surface area (Å²) in [7, 11) is 0. The molecule has 1 aromatic rings. The number of aromatic carboxylic acids is 1. The highest BCUT2D eigenvalue weighted by molar-refractivity contribution is 5.90. The third-order valence-electron chi connectivity index (χ3n) is 1.66. The van der Waals surface area contributed by atoms with Crippen LogP contribution in [-0.2, 0) is 0 Å². The predicted octanol–water partition coefficient (Wildman–Crippen LogP) is 2.00.